The topological polar surface area (TPSA) is 151 Å². The Morgan fingerprint density at radius 2 is 1.40 bits per heavy atom. The van der Waals surface area contributed by atoms with Crippen molar-refractivity contribution in [3.05, 3.63) is 35.9 Å². The molecule has 3 N–H and O–H groups in total. The Morgan fingerprint density at radius 3 is 1.98 bits per heavy atom. The molecular formula is C35H56N6O7. The molecule has 2 heterocycles. The maximum atomic E-state index is 13.6. The zero-order valence-electron chi connectivity index (χ0n) is 30.2. The molecule has 1 aromatic rings. The Morgan fingerprint density at radius 1 is 0.812 bits per heavy atom. The number of amides is 4. The van der Waals surface area contributed by atoms with Crippen LogP contribution in [0.5, 0.6) is 0 Å². The van der Waals surface area contributed by atoms with E-state index in [1.165, 1.54) is 0 Å². The van der Waals surface area contributed by atoms with Crippen molar-refractivity contribution in [2.75, 3.05) is 26.2 Å². The van der Waals surface area contributed by atoms with Gasteiger partial charge in [0, 0.05) is 32.6 Å². The fraction of sp³-hybridized carbons (Fsp3) is 0.686. The van der Waals surface area contributed by atoms with Crippen LogP contribution in [0.25, 0.3) is 0 Å². The molecule has 268 valence electrons. The van der Waals surface area contributed by atoms with Crippen molar-refractivity contribution in [2.24, 2.45) is 10.9 Å². The average molecular weight is 673 g/mol. The lowest BCUT2D eigenvalue weighted by atomic mass is 9.96. The normalized spacial score (nSPS) is 18.9. The van der Waals surface area contributed by atoms with Crippen LogP contribution in [0.1, 0.15) is 93.6 Å². The summed E-state index contributed by atoms with van der Waals surface area (Å²) in [5, 5.41) is 8.80. The lowest BCUT2D eigenvalue weighted by molar-refractivity contribution is -0.126. The molecule has 4 amide bonds. The van der Waals surface area contributed by atoms with Crippen LogP contribution in [0.15, 0.2) is 35.3 Å². The molecule has 1 aromatic carbocycles. The molecule has 0 radical (unpaired) electrons. The number of nitrogens with zero attached hydrogens (tertiary/aromatic N) is 3. The van der Waals surface area contributed by atoms with E-state index in [9.17, 15) is 19.2 Å². The molecule has 0 aromatic heterocycles. The first-order valence-corrected chi connectivity index (χ1v) is 16.9. The second-order valence-electron chi connectivity index (χ2n) is 15.5. The van der Waals surface area contributed by atoms with Crippen LogP contribution < -0.4 is 16.0 Å². The van der Waals surface area contributed by atoms with Crippen molar-refractivity contribution < 1.29 is 33.4 Å². The molecule has 0 saturated carbocycles. The van der Waals surface area contributed by atoms with Gasteiger partial charge in [0.15, 0.2) is 0 Å². The Labute approximate surface area is 285 Å². The third-order valence-electron chi connectivity index (χ3n) is 7.63. The Hall–Kier alpha value is -3.87. The number of aliphatic imine (C=N–C) groups is 1. The number of likely N-dealkylation sites (tertiary alicyclic amines) is 2. The lowest BCUT2D eigenvalue weighted by Gasteiger charge is -2.35. The molecule has 1 unspecified atom stereocenters. The van der Waals surface area contributed by atoms with Crippen molar-refractivity contribution in [2.45, 2.75) is 123 Å². The number of piperidine rings is 1. The first-order valence-electron chi connectivity index (χ1n) is 16.9. The van der Waals surface area contributed by atoms with Crippen molar-refractivity contribution in [3.63, 3.8) is 0 Å². The van der Waals surface area contributed by atoms with E-state index in [1.807, 2.05) is 56.0 Å². The minimum Gasteiger partial charge on any atom is -0.444 e. The van der Waals surface area contributed by atoms with Crippen LogP contribution in [0.3, 0.4) is 0 Å². The largest absolute Gasteiger partial charge is 0.444 e. The Bertz CT molecular complexity index is 1270. The Balaban J connectivity index is 1.62. The molecule has 2 fully saturated rings. The van der Waals surface area contributed by atoms with E-state index in [1.54, 1.807) is 41.5 Å². The molecule has 0 aliphatic carbocycles. The number of alkyl carbamates (subject to hydrolysis) is 2. The third kappa shape index (κ3) is 13.7. The van der Waals surface area contributed by atoms with Crippen LogP contribution in [0.2, 0.25) is 0 Å². The number of hydrogen-bond donors (Lipinski definition) is 3. The van der Waals surface area contributed by atoms with E-state index in [4.69, 9.17) is 14.2 Å². The standard InChI is InChI=1S/C35H56N6O7/c1-33(2,3)46-30(43)37-27(22-24-14-11-10-12-15-24)41-19-13-16-26(41)28(42)36-23-25-17-20-40(21-18-25)29(38-31(44)47-34(4,5)6)39-32(45)48-35(7,8)9/h10-12,14-15,25-27H,13,16-23H2,1-9H3,(H,36,42)(H,37,43)(H,38,39,44,45)/t26-,27?/m0/s1. The van der Waals surface area contributed by atoms with Gasteiger partial charge in [-0.3, -0.25) is 15.0 Å². The molecule has 2 atom stereocenters. The number of benzene rings is 1. The van der Waals surface area contributed by atoms with Gasteiger partial charge in [-0.2, -0.15) is 0 Å². The van der Waals surface area contributed by atoms with Crippen LogP contribution in [0.4, 0.5) is 14.4 Å². The number of ether oxygens (including phenoxy) is 3. The zero-order chi connectivity index (χ0) is 35.7. The summed E-state index contributed by atoms with van der Waals surface area (Å²) in [6.45, 7) is 18.1. The smallest absolute Gasteiger partial charge is 0.437 e. The highest BCUT2D eigenvalue weighted by atomic mass is 16.6. The summed E-state index contributed by atoms with van der Waals surface area (Å²) in [5.74, 6) is 0.187. The van der Waals surface area contributed by atoms with Gasteiger partial charge >= 0.3 is 18.3 Å². The predicted octanol–water partition coefficient (Wildman–Crippen LogP) is 5.19. The predicted molar refractivity (Wildman–Crippen MR) is 183 cm³/mol. The number of carbonyl (C=O) groups is 4. The summed E-state index contributed by atoms with van der Waals surface area (Å²) < 4.78 is 16.3. The molecule has 13 heteroatoms. The Kier molecular flexibility index (Phi) is 13.3. The summed E-state index contributed by atoms with van der Waals surface area (Å²) >= 11 is 0. The molecule has 2 aliphatic heterocycles. The van der Waals surface area contributed by atoms with Gasteiger partial charge in [0.2, 0.25) is 11.9 Å². The van der Waals surface area contributed by atoms with Gasteiger partial charge in [0.05, 0.1) is 12.2 Å². The van der Waals surface area contributed by atoms with E-state index in [2.05, 4.69) is 25.8 Å². The maximum absolute atomic E-state index is 13.6. The minimum absolute atomic E-state index is 0.0715. The third-order valence-corrected chi connectivity index (χ3v) is 7.63. The first kappa shape index (κ1) is 38.6. The number of hydrogen-bond acceptors (Lipinski definition) is 8. The number of rotatable bonds is 7. The van der Waals surface area contributed by atoms with E-state index >= 15 is 0 Å². The van der Waals surface area contributed by atoms with Gasteiger partial charge in [0.1, 0.15) is 16.8 Å². The summed E-state index contributed by atoms with van der Waals surface area (Å²) in [6, 6.07) is 9.49. The second kappa shape index (κ2) is 16.5. The molecule has 3 rings (SSSR count). The fourth-order valence-electron chi connectivity index (χ4n) is 5.63. The first-order chi connectivity index (χ1) is 22.3. The summed E-state index contributed by atoms with van der Waals surface area (Å²) in [6.07, 6.45) is 1.01. The molecule has 2 saturated heterocycles. The van der Waals surface area contributed by atoms with Crippen LogP contribution in [-0.2, 0) is 25.4 Å². The quantitative estimate of drug-likeness (QED) is 0.202. The molecule has 13 nitrogen and oxygen atoms in total. The number of guanidine groups is 1. The van der Waals surface area contributed by atoms with Gasteiger partial charge in [-0.25, -0.2) is 14.4 Å². The van der Waals surface area contributed by atoms with Crippen molar-refractivity contribution in [3.8, 4) is 0 Å². The zero-order valence-corrected chi connectivity index (χ0v) is 30.2. The van der Waals surface area contributed by atoms with E-state index in [0.717, 1.165) is 12.0 Å². The summed E-state index contributed by atoms with van der Waals surface area (Å²) in [5.41, 5.74) is -1.07. The van der Waals surface area contributed by atoms with Crippen molar-refractivity contribution in [1.82, 2.24) is 25.8 Å². The van der Waals surface area contributed by atoms with Crippen molar-refractivity contribution >= 4 is 30.1 Å². The molecule has 0 spiro atoms. The second-order valence-corrected chi connectivity index (χ2v) is 15.5. The number of nitrogens with one attached hydrogen (secondary N) is 3. The molecule has 48 heavy (non-hydrogen) atoms. The van der Waals surface area contributed by atoms with E-state index in [0.29, 0.717) is 51.9 Å². The lowest BCUT2D eigenvalue weighted by Crippen LogP contribution is -2.56. The highest BCUT2D eigenvalue weighted by molar-refractivity contribution is 5.99. The van der Waals surface area contributed by atoms with Crippen molar-refractivity contribution in [1.29, 1.82) is 0 Å². The summed E-state index contributed by atoms with van der Waals surface area (Å²) in [7, 11) is 0. The van der Waals surface area contributed by atoms with E-state index < -0.39 is 41.2 Å². The average Bonchev–Trinajstić information content (AvgIpc) is 3.43. The fourth-order valence-corrected chi connectivity index (χ4v) is 5.63. The number of carbonyl (C=O) groups excluding carboxylic acids is 4. The van der Waals surface area contributed by atoms with Gasteiger partial charge in [0.25, 0.3) is 0 Å². The minimum atomic E-state index is -0.809. The van der Waals surface area contributed by atoms with Gasteiger partial charge < -0.3 is 29.7 Å². The van der Waals surface area contributed by atoms with E-state index in [-0.39, 0.29) is 23.8 Å². The van der Waals surface area contributed by atoms with Gasteiger partial charge in [-0.1, -0.05) is 30.3 Å². The van der Waals surface area contributed by atoms with Crippen LogP contribution in [-0.4, -0.2) is 95.1 Å². The summed E-state index contributed by atoms with van der Waals surface area (Å²) in [4.78, 5) is 59.4. The monoisotopic (exact) mass is 672 g/mol. The molecule has 0 bridgehead atoms. The maximum Gasteiger partial charge on any atom is 0.437 e. The molecule has 2 aliphatic rings. The van der Waals surface area contributed by atoms with Crippen LogP contribution >= 0.6 is 0 Å². The highest BCUT2D eigenvalue weighted by Crippen LogP contribution is 2.23. The van der Waals surface area contributed by atoms with Gasteiger partial charge in [-0.05, 0) is 99.5 Å². The van der Waals surface area contributed by atoms with Gasteiger partial charge in [-0.15, -0.1) is 4.99 Å². The molecular weight excluding hydrogens is 616 g/mol. The highest BCUT2D eigenvalue weighted by Gasteiger charge is 2.37. The SMILES string of the molecule is CC(C)(C)OC(=O)N=C(NC(=O)OC(C)(C)C)N1CCC(CNC(=O)[C@@H]2CCCN2C(Cc2ccccc2)NC(=O)OC(C)(C)C)CC1. The van der Waals surface area contributed by atoms with Crippen LogP contribution in [0, 0.1) is 5.92 Å².